The first-order valence-electron chi connectivity index (χ1n) is 5.59. The van der Waals surface area contributed by atoms with E-state index in [1.54, 1.807) is 12.4 Å². The molecule has 2 aromatic rings. The summed E-state index contributed by atoms with van der Waals surface area (Å²) in [5.41, 5.74) is 1.08. The van der Waals surface area contributed by atoms with Crippen molar-refractivity contribution >= 4 is 27.4 Å². The van der Waals surface area contributed by atoms with Gasteiger partial charge < -0.3 is 5.32 Å². The molecule has 98 valence electrons. The Morgan fingerprint density at radius 1 is 1.37 bits per heavy atom. The van der Waals surface area contributed by atoms with E-state index in [1.165, 1.54) is 12.3 Å². The Morgan fingerprint density at radius 2 is 2.11 bits per heavy atom. The molecule has 0 saturated carbocycles. The zero-order valence-electron chi connectivity index (χ0n) is 9.91. The summed E-state index contributed by atoms with van der Waals surface area (Å²) in [4.78, 5) is 18.4. The van der Waals surface area contributed by atoms with Crippen LogP contribution in [0.15, 0.2) is 41.3 Å². The Balaban J connectivity index is 2.02. The molecule has 0 spiro atoms. The number of anilines is 1. The number of hydrogen-bond donors (Lipinski definition) is 1. The van der Waals surface area contributed by atoms with Gasteiger partial charge in [0.15, 0.2) is 0 Å². The Kier molecular flexibility index (Phi) is 4.40. The molecular formula is C12H11BrN4O2. The normalized spacial score (nSPS) is 10.2. The van der Waals surface area contributed by atoms with Crippen LogP contribution in [0.5, 0.6) is 0 Å². The van der Waals surface area contributed by atoms with E-state index in [4.69, 9.17) is 0 Å². The fraction of sp³-hybridized carbons (Fsp3) is 0.167. The van der Waals surface area contributed by atoms with Crippen LogP contribution in [-0.4, -0.2) is 21.4 Å². The number of halogens is 1. The Bertz CT molecular complexity index is 577. The number of rotatable bonds is 5. The predicted octanol–water partition coefficient (Wildman–Crippen LogP) is 2.80. The molecule has 0 aliphatic heterocycles. The lowest BCUT2D eigenvalue weighted by Crippen LogP contribution is -2.08. The number of nitro groups is 1. The van der Waals surface area contributed by atoms with Crippen LogP contribution in [-0.2, 0) is 6.42 Å². The first-order chi connectivity index (χ1) is 9.16. The Labute approximate surface area is 118 Å². The van der Waals surface area contributed by atoms with Gasteiger partial charge in [0.05, 0.1) is 4.92 Å². The average molecular weight is 323 g/mol. The van der Waals surface area contributed by atoms with Gasteiger partial charge in [-0.25, -0.2) is 4.98 Å². The van der Waals surface area contributed by atoms with Crippen molar-refractivity contribution in [1.82, 2.24) is 9.97 Å². The van der Waals surface area contributed by atoms with E-state index >= 15 is 0 Å². The molecule has 2 rings (SSSR count). The highest BCUT2D eigenvalue weighted by atomic mass is 79.9. The number of pyridine rings is 2. The van der Waals surface area contributed by atoms with Crippen molar-refractivity contribution in [2.45, 2.75) is 6.42 Å². The van der Waals surface area contributed by atoms with Crippen molar-refractivity contribution in [2.24, 2.45) is 0 Å². The molecule has 0 radical (unpaired) electrons. The maximum atomic E-state index is 10.9. The summed E-state index contributed by atoms with van der Waals surface area (Å²) in [6.45, 7) is 0.569. The van der Waals surface area contributed by atoms with Gasteiger partial charge in [-0.3, -0.25) is 15.1 Å². The third-order valence-electron chi connectivity index (χ3n) is 2.49. The van der Waals surface area contributed by atoms with Crippen LogP contribution in [0.25, 0.3) is 0 Å². The van der Waals surface area contributed by atoms with Gasteiger partial charge in [0.1, 0.15) is 0 Å². The van der Waals surface area contributed by atoms with E-state index < -0.39 is 4.92 Å². The second-order valence-electron chi connectivity index (χ2n) is 3.81. The highest BCUT2D eigenvalue weighted by molar-refractivity contribution is 9.10. The summed E-state index contributed by atoms with van der Waals surface area (Å²) in [7, 11) is 0. The monoisotopic (exact) mass is 322 g/mol. The number of nitrogens with zero attached hydrogens (tertiary/aromatic N) is 3. The number of aromatic nitrogens is 2. The molecule has 0 unspecified atom stereocenters. The lowest BCUT2D eigenvalue weighted by Gasteiger charge is -2.06. The van der Waals surface area contributed by atoms with Gasteiger partial charge in [-0.05, 0) is 40.0 Å². The fourth-order valence-electron chi connectivity index (χ4n) is 1.58. The molecular weight excluding hydrogens is 312 g/mol. The smallest absolute Gasteiger partial charge is 0.312 e. The average Bonchev–Trinajstić information content (AvgIpc) is 2.41. The van der Waals surface area contributed by atoms with E-state index in [0.29, 0.717) is 11.0 Å². The molecule has 0 bridgehead atoms. The van der Waals surface area contributed by atoms with Gasteiger partial charge in [-0.1, -0.05) is 0 Å². The summed E-state index contributed by atoms with van der Waals surface area (Å²) < 4.78 is 0.582. The van der Waals surface area contributed by atoms with Crippen molar-refractivity contribution in [3.8, 4) is 0 Å². The SMILES string of the molecule is O=[N+]([O-])c1cc(Br)cnc1NCCc1ccncc1. The van der Waals surface area contributed by atoms with Crippen molar-refractivity contribution in [3.63, 3.8) is 0 Å². The summed E-state index contributed by atoms with van der Waals surface area (Å²) >= 11 is 3.17. The summed E-state index contributed by atoms with van der Waals surface area (Å²) in [5.74, 6) is 0.280. The third kappa shape index (κ3) is 3.72. The van der Waals surface area contributed by atoms with Crippen molar-refractivity contribution < 1.29 is 4.92 Å². The summed E-state index contributed by atoms with van der Waals surface area (Å²) in [5, 5.41) is 13.9. The standard InChI is InChI=1S/C12H11BrN4O2/c13-10-7-11(17(18)19)12(16-8-10)15-6-3-9-1-4-14-5-2-9/h1-2,4-5,7-8H,3,6H2,(H,15,16). The molecule has 19 heavy (non-hydrogen) atoms. The highest BCUT2D eigenvalue weighted by Crippen LogP contribution is 2.25. The number of nitrogens with one attached hydrogen (secondary N) is 1. The van der Waals surface area contributed by atoms with Gasteiger partial charge in [-0.15, -0.1) is 0 Å². The minimum Gasteiger partial charge on any atom is -0.364 e. The van der Waals surface area contributed by atoms with Crippen LogP contribution in [0.1, 0.15) is 5.56 Å². The first kappa shape index (κ1) is 13.4. The molecule has 2 aromatic heterocycles. The molecule has 0 atom stereocenters. The maximum Gasteiger partial charge on any atom is 0.312 e. The maximum absolute atomic E-state index is 10.9. The molecule has 0 aliphatic carbocycles. The van der Waals surface area contributed by atoms with Gasteiger partial charge in [0, 0.05) is 35.7 Å². The zero-order chi connectivity index (χ0) is 13.7. The zero-order valence-corrected chi connectivity index (χ0v) is 11.5. The van der Waals surface area contributed by atoms with Crippen LogP contribution in [0, 0.1) is 10.1 Å². The van der Waals surface area contributed by atoms with E-state index in [0.717, 1.165) is 12.0 Å². The van der Waals surface area contributed by atoms with Crippen molar-refractivity contribution in [3.05, 3.63) is 56.9 Å². The first-order valence-corrected chi connectivity index (χ1v) is 6.39. The predicted molar refractivity (Wildman–Crippen MR) is 75.0 cm³/mol. The topological polar surface area (TPSA) is 81.0 Å². The lowest BCUT2D eigenvalue weighted by atomic mass is 10.2. The van der Waals surface area contributed by atoms with Crippen LogP contribution in [0.4, 0.5) is 11.5 Å². The molecule has 0 aromatic carbocycles. The highest BCUT2D eigenvalue weighted by Gasteiger charge is 2.15. The second-order valence-corrected chi connectivity index (χ2v) is 4.73. The molecule has 1 N–H and O–H groups in total. The quantitative estimate of drug-likeness (QED) is 0.676. The lowest BCUT2D eigenvalue weighted by molar-refractivity contribution is -0.384. The van der Waals surface area contributed by atoms with E-state index in [-0.39, 0.29) is 11.5 Å². The molecule has 7 heteroatoms. The van der Waals surface area contributed by atoms with Crippen molar-refractivity contribution in [2.75, 3.05) is 11.9 Å². The molecule has 0 saturated heterocycles. The van der Waals surface area contributed by atoms with Crippen LogP contribution in [0.3, 0.4) is 0 Å². The van der Waals surface area contributed by atoms with Gasteiger partial charge in [0.25, 0.3) is 0 Å². The molecule has 0 aliphatic rings. The summed E-state index contributed by atoms with van der Waals surface area (Å²) in [6.07, 6.45) is 5.71. The Hall–Kier alpha value is -2.02. The van der Waals surface area contributed by atoms with Crippen LogP contribution in [0.2, 0.25) is 0 Å². The Morgan fingerprint density at radius 3 is 2.79 bits per heavy atom. The molecule has 0 amide bonds. The fourth-order valence-corrected chi connectivity index (χ4v) is 1.90. The molecule has 6 nitrogen and oxygen atoms in total. The molecule has 0 fully saturated rings. The van der Waals surface area contributed by atoms with E-state index in [2.05, 4.69) is 31.2 Å². The molecule has 2 heterocycles. The second kappa shape index (κ2) is 6.24. The van der Waals surface area contributed by atoms with Crippen molar-refractivity contribution in [1.29, 1.82) is 0 Å². The summed E-state index contributed by atoms with van der Waals surface area (Å²) in [6, 6.07) is 5.25. The van der Waals surface area contributed by atoms with Gasteiger partial charge in [-0.2, -0.15) is 0 Å². The van der Waals surface area contributed by atoms with Crippen LogP contribution >= 0.6 is 15.9 Å². The number of hydrogen-bond acceptors (Lipinski definition) is 5. The minimum atomic E-state index is -0.452. The van der Waals surface area contributed by atoms with Gasteiger partial charge >= 0.3 is 5.69 Å². The largest absolute Gasteiger partial charge is 0.364 e. The third-order valence-corrected chi connectivity index (χ3v) is 2.92. The van der Waals surface area contributed by atoms with E-state index in [9.17, 15) is 10.1 Å². The van der Waals surface area contributed by atoms with Gasteiger partial charge in [0.2, 0.25) is 5.82 Å². The van der Waals surface area contributed by atoms with E-state index in [1.807, 2.05) is 12.1 Å². The van der Waals surface area contributed by atoms with Crippen LogP contribution < -0.4 is 5.32 Å². The minimum absolute atomic E-state index is 0.0379.